The number of hydrogen-bond acceptors (Lipinski definition) is 2. The van der Waals surface area contributed by atoms with E-state index < -0.39 is 0 Å². The van der Waals surface area contributed by atoms with Gasteiger partial charge in [0.05, 0.1) is 6.54 Å². The summed E-state index contributed by atoms with van der Waals surface area (Å²) in [5.74, 6) is 0.500. The number of amides is 1. The second-order valence-electron chi connectivity index (χ2n) is 6.05. The number of nitrogens with zero attached hydrogens (tertiary/aromatic N) is 1. The van der Waals surface area contributed by atoms with Crippen molar-refractivity contribution < 1.29 is 9.18 Å². The molecule has 0 heterocycles. The van der Waals surface area contributed by atoms with E-state index in [2.05, 4.69) is 20.9 Å². The predicted octanol–water partition coefficient (Wildman–Crippen LogP) is 2.95. The second-order valence-corrected chi connectivity index (χ2v) is 6.05. The molecule has 0 spiro atoms. The maximum absolute atomic E-state index is 12.9. The van der Waals surface area contributed by atoms with E-state index in [1.807, 2.05) is 6.92 Å². The van der Waals surface area contributed by atoms with E-state index in [9.17, 15) is 9.18 Å². The lowest BCUT2D eigenvalue weighted by Gasteiger charge is -2.14. The number of hydrogen-bond donors (Lipinski definition) is 3. The molecule has 0 aliphatic heterocycles. The molecule has 0 radical (unpaired) electrons. The summed E-state index contributed by atoms with van der Waals surface area (Å²) in [5.41, 5.74) is 0.938. The minimum atomic E-state index is -0.249. The van der Waals surface area contributed by atoms with Gasteiger partial charge in [-0.15, -0.1) is 24.0 Å². The molecule has 7 heteroatoms. The van der Waals surface area contributed by atoms with Gasteiger partial charge in [0.25, 0.3) is 0 Å². The first-order valence-corrected chi connectivity index (χ1v) is 8.73. The van der Waals surface area contributed by atoms with Crippen LogP contribution in [0.4, 0.5) is 4.39 Å². The zero-order chi connectivity index (χ0) is 17.2. The van der Waals surface area contributed by atoms with Crippen molar-refractivity contribution in [3.05, 3.63) is 35.6 Å². The van der Waals surface area contributed by atoms with Gasteiger partial charge in [-0.1, -0.05) is 25.0 Å². The van der Waals surface area contributed by atoms with Crippen molar-refractivity contribution in [2.45, 2.75) is 51.6 Å². The zero-order valence-corrected chi connectivity index (χ0v) is 17.0. The van der Waals surface area contributed by atoms with E-state index in [1.54, 1.807) is 12.1 Å². The molecule has 1 aliphatic rings. The Hall–Kier alpha value is -1.38. The lowest BCUT2D eigenvalue weighted by atomic mass is 10.2. The topological polar surface area (TPSA) is 65.5 Å². The number of carbonyl (C=O) groups is 1. The summed E-state index contributed by atoms with van der Waals surface area (Å²) in [5, 5.41) is 9.38. The van der Waals surface area contributed by atoms with E-state index in [0.29, 0.717) is 31.5 Å². The molecule has 0 saturated heterocycles. The number of rotatable bonds is 7. The van der Waals surface area contributed by atoms with Crippen LogP contribution in [0.5, 0.6) is 0 Å². The van der Waals surface area contributed by atoms with Crippen LogP contribution in [0.1, 0.15) is 44.6 Å². The highest BCUT2D eigenvalue weighted by Crippen LogP contribution is 2.17. The maximum Gasteiger partial charge on any atom is 0.221 e. The first-order chi connectivity index (χ1) is 11.7. The van der Waals surface area contributed by atoms with E-state index in [4.69, 9.17) is 0 Å². The SMILES string of the molecule is CCNC(=NCc1ccc(F)cc1)NCCC(=O)NC1CCCC1.I. The summed E-state index contributed by atoms with van der Waals surface area (Å²) in [6, 6.07) is 6.66. The van der Waals surface area contributed by atoms with Crippen molar-refractivity contribution in [1.29, 1.82) is 0 Å². The van der Waals surface area contributed by atoms with Crippen LogP contribution in [0.2, 0.25) is 0 Å². The Labute approximate surface area is 166 Å². The zero-order valence-electron chi connectivity index (χ0n) is 14.7. The third-order valence-corrected chi connectivity index (χ3v) is 4.04. The second kappa shape index (κ2) is 12.1. The van der Waals surface area contributed by atoms with Gasteiger partial charge in [-0.3, -0.25) is 4.79 Å². The normalized spacial score (nSPS) is 14.7. The standard InChI is InChI=1S/C18H27FN4O.HI/c1-2-20-18(22-13-14-7-9-15(19)10-8-14)21-12-11-17(24)23-16-5-3-4-6-16;/h7-10,16H,2-6,11-13H2,1H3,(H,23,24)(H2,20,21,22);1H. The van der Waals surface area contributed by atoms with Crippen molar-refractivity contribution in [1.82, 2.24) is 16.0 Å². The van der Waals surface area contributed by atoms with Gasteiger partial charge in [-0.05, 0) is 37.5 Å². The lowest BCUT2D eigenvalue weighted by Crippen LogP contribution is -2.40. The highest BCUT2D eigenvalue weighted by atomic mass is 127. The molecule has 5 nitrogen and oxygen atoms in total. The van der Waals surface area contributed by atoms with E-state index in [0.717, 1.165) is 24.9 Å². The van der Waals surface area contributed by atoms with Crippen LogP contribution >= 0.6 is 24.0 Å². The van der Waals surface area contributed by atoms with Gasteiger partial charge in [0.1, 0.15) is 5.82 Å². The van der Waals surface area contributed by atoms with E-state index in [-0.39, 0.29) is 35.7 Å². The predicted molar refractivity (Wildman–Crippen MR) is 110 cm³/mol. The van der Waals surface area contributed by atoms with Gasteiger partial charge in [-0.2, -0.15) is 0 Å². The molecule has 1 amide bonds. The minimum absolute atomic E-state index is 0. The number of guanidine groups is 1. The summed E-state index contributed by atoms with van der Waals surface area (Å²) in [6.07, 6.45) is 5.05. The van der Waals surface area contributed by atoms with Crippen LogP contribution < -0.4 is 16.0 Å². The molecule has 1 aromatic carbocycles. The van der Waals surface area contributed by atoms with Crippen LogP contribution in [-0.4, -0.2) is 31.0 Å². The molecular weight excluding hydrogens is 434 g/mol. The molecular formula is C18H28FIN4O. The summed E-state index contributed by atoms with van der Waals surface area (Å²) in [4.78, 5) is 16.4. The third kappa shape index (κ3) is 8.51. The number of carbonyl (C=O) groups excluding carboxylic acids is 1. The summed E-state index contributed by atoms with van der Waals surface area (Å²) in [7, 11) is 0. The maximum atomic E-state index is 12.9. The van der Waals surface area contributed by atoms with Crippen molar-refractivity contribution >= 4 is 35.8 Å². The van der Waals surface area contributed by atoms with Gasteiger partial charge in [-0.25, -0.2) is 9.38 Å². The van der Waals surface area contributed by atoms with Crippen molar-refractivity contribution in [2.75, 3.05) is 13.1 Å². The molecule has 1 saturated carbocycles. The van der Waals surface area contributed by atoms with E-state index >= 15 is 0 Å². The summed E-state index contributed by atoms with van der Waals surface area (Å²) < 4.78 is 12.9. The monoisotopic (exact) mass is 462 g/mol. The van der Waals surface area contributed by atoms with Crippen molar-refractivity contribution in [3.63, 3.8) is 0 Å². The van der Waals surface area contributed by atoms with E-state index in [1.165, 1.54) is 25.0 Å². The van der Waals surface area contributed by atoms with Gasteiger partial charge >= 0.3 is 0 Å². The highest BCUT2D eigenvalue weighted by Gasteiger charge is 2.16. The molecule has 140 valence electrons. The first kappa shape index (κ1) is 21.7. The van der Waals surface area contributed by atoms with Gasteiger partial charge in [0.2, 0.25) is 5.91 Å². The molecule has 0 atom stereocenters. The Bertz CT molecular complexity index is 545. The van der Waals surface area contributed by atoms with Crippen LogP contribution in [0.15, 0.2) is 29.3 Å². The largest absolute Gasteiger partial charge is 0.357 e. The molecule has 0 unspecified atom stereocenters. The molecule has 1 aromatic rings. The molecule has 0 aromatic heterocycles. The molecule has 0 bridgehead atoms. The average Bonchev–Trinajstić information content (AvgIpc) is 3.07. The first-order valence-electron chi connectivity index (χ1n) is 8.73. The number of aliphatic imine (C=N–C) groups is 1. The Morgan fingerprint density at radius 1 is 1.20 bits per heavy atom. The molecule has 3 N–H and O–H groups in total. The van der Waals surface area contributed by atoms with Gasteiger partial charge < -0.3 is 16.0 Å². The molecule has 1 aliphatic carbocycles. The van der Waals surface area contributed by atoms with Crippen molar-refractivity contribution in [3.8, 4) is 0 Å². The molecule has 1 fully saturated rings. The van der Waals surface area contributed by atoms with Crippen LogP contribution in [0.3, 0.4) is 0 Å². The fraction of sp³-hybridized carbons (Fsp3) is 0.556. The van der Waals surface area contributed by atoms with Gasteiger partial charge in [0.15, 0.2) is 5.96 Å². The Morgan fingerprint density at radius 3 is 2.52 bits per heavy atom. The number of halogens is 2. The Kier molecular flexibility index (Phi) is 10.4. The summed E-state index contributed by atoms with van der Waals surface area (Å²) >= 11 is 0. The molecule has 2 rings (SSSR count). The highest BCUT2D eigenvalue weighted by molar-refractivity contribution is 14.0. The molecule has 25 heavy (non-hydrogen) atoms. The van der Waals surface area contributed by atoms with Gasteiger partial charge in [0, 0.05) is 25.6 Å². The smallest absolute Gasteiger partial charge is 0.221 e. The Morgan fingerprint density at radius 2 is 1.88 bits per heavy atom. The minimum Gasteiger partial charge on any atom is -0.357 e. The summed E-state index contributed by atoms with van der Waals surface area (Å²) in [6.45, 7) is 3.73. The van der Waals surface area contributed by atoms with Crippen LogP contribution in [0, 0.1) is 5.82 Å². The Balaban J connectivity index is 0.00000312. The number of benzene rings is 1. The average molecular weight is 462 g/mol. The fourth-order valence-corrected chi connectivity index (χ4v) is 2.77. The van der Waals surface area contributed by atoms with Crippen LogP contribution in [0.25, 0.3) is 0 Å². The quantitative estimate of drug-likeness (QED) is 0.332. The van der Waals surface area contributed by atoms with Crippen LogP contribution in [-0.2, 0) is 11.3 Å². The fourth-order valence-electron chi connectivity index (χ4n) is 2.77. The third-order valence-electron chi connectivity index (χ3n) is 4.04. The van der Waals surface area contributed by atoms with Crippen molar-refractivity contribution in [2.24, 2.45) is 4.99 Å². The number of nitrogens with one attached hydrogen (secondary N) is 3. The lowest BCUT2D eigenvalue weighted by molar-refractivity contribution is -0.121.